The number of benzene rings is 1. The number of hydrogen-bond donors (Lipinski definition) is 2. The lowest BCUT2D eigenvalue weighted by atomic mass is 9.99. The number of morpholine rings is 1. The average molecular weight is 472 g/mol. The van der Waals surface area contributed by atoms with Gasteiger partial charge in [0, 0.05) is 44.7 Å². The molecule has 0 spiro atoms. The minimum Gasteiger partial charge on any atom is -0.382 e. The maximum absolute atomic E-state index is 12.8. The normalized spacial score (nSPS) is 17.5. The van der Waals surface area contributed by atoms with Crippen molar-refractivity contribution in [2.75, 3.05) is 43.6 Å². The van der Waals surface area contributed by atoms with Crippen LogP contribution in [0.25, 0.3) is 16.9 Å². The molecule has 0 bridgehead atoms. The van der Waals surface area contributed by atoms with Crippen LogP contribution in [0.1, 0.15) is 15.9 Å². The fourth-order valence-corrected chi connectivity index (χ4v) is 4.76. The first-order chi connectivity index (χ1) is 17.2. The van der Waals surface area contributed by atoms with Crippen LogP contribution in [0.5, 0.6) is 0 Å². The van der Waals surface area contributed by atoms with Gasteiger partial charge in [0.05, 0.1) is 60.5 Å². The van der Waals surface area contributed by atoms with E-state index in [9.17, 15) is 4.79 Å². The van der Waals surface area contributed by atoms with Crippen molar-refractivity contribution in [3.05, 3.63) is 66.4 Å². The zero-order chi connectivity index (χ0) is 23.8. The molecule has 2 aliphatic heterocycles. The Balaban J connectivity index is 1.27. The molecule has 0 saturated carbocycles. The first-order valence-corrected chi connectivity index (χ1v) is 11.5. The summed E-state index contributed by atoms with van der Waals surface area (Å²) in [5, 5.41) is 6.29. The molecule has 0 aliphatic carbocycles. The third kappa shape index (κ3) is 3.96. The second kappa shape index (κ2) is 8.97. The summed E-state index contributed by atoms with van der Waals surface area (Å²) in [4.78, 5) is 28.2. The molecule has 1 amide bonds. The molecule has 6 rings (SSSR count). The maximum atomic E-state index is 12.8. The molecule has 3 aromatic heterocycles. The lowest BCUT2D eigenvalue weighted by molar-refractivity contribution is -0.0100. The molecule has 35 heavy (non-hydrogen) atoms. The van der Waals surface area contributed by atoms with Gasteiger partial charge in [-0.25, -0.2) is 9.97 Å². The van der Waals surface area contributed by atoms with Crippen LogP contribution in [0.2, 0.25) is 0 Å². The Morgan fingerprint density at radius 1 is 1.20 bits per heavy atom. The molecular weight excluding hydrogens is 446 g/mol. The average Bonchev–Trinajstić information content (AvgIpc) is 3.50. The van der Waals surface area contributed by atoms with Gasteiger partial charge < -0.3 is 25.0 Å². The molecule has 4 aromatic rings. The Morgan fingerprint density at radius 3 is 3.00 bits per heavy atom. The summed E-state index contributed by atoms with van der Waals surface area (Å²) in [5.41, 5.74) is 5.96. The zero-order valence-corrected chi connectivity index (χ0v) is 19.3. The van der Waals surface area contributed by atoms with Gasteiger partial charge in [0.15, 0.2) is 5.65 Å². The Bertz CT molecular complexity index is 1380. The van der Waals surface area contributed by atoms with E-state index in [1.807, 2.05) is 47.3 Å². The lowest BCUT2D eigenvalue weighted by Gasteiger charge is -2.34. The van der Waals surface area contributed by atoms with Crippen LogP contribution in [0.3, 0.4) is 0 Å². The van der Waals surface area contributed by atoms with Crippen LogP contribution >= 0.6 is 0 Å². The first-order valence-electron chi connectivity index (χ1n) is 11.5. The molecule has 178 valence electrons. The Kier molecular flexibility index (Phi) is 5.51. The number of carbonyl (C=O) groups is 1. The molecule has 2 aliphatic rings. The van der Waals surface area contributed by atoms with Crippen molar-refractivity contribution >= 4 is 28.7 Å². The maximum Gasteiger partial charge on any atom is 0.254 e. The van der Waals surface area contributed by atoms with Gasteiger partial charge in [-0.15, -0.1) is 0 Å². The number of methoxy groups -OCH3 is 1. The summed E-state index contributed by atoms with van der Waals surface area (Å²) in [6, 6.07) is 7.91. The summed E-state index contributed by atoms with van der Waals surface area (Å²) in [6.07, 6.45) is 9.02. The highest BCUT2D eigenvalue weighted by atomic mass is 16.5. The van der Waals surface area contributed by atoms with Crippen molar-refractivity contribution in [2.45, 2.75) is 12.6 Å². The van der Waals surface area contributed by atoms with Crippen LogP contribution in [0.15, 0.2) is 55.2 Å². The van der Waals surface area contributed by atoms with E-state index in [4.69, 9.17) is 9.47 Å². The predicted molar refractivity (Wildman–Crippen MR) is 131 cm³/mol. The quantitative estimate of drug-likeness (QED) is 0.442. The fourth-order valence-electron chi connectivity index (χ4n) is 4.76. The van der Waals surface area contributed by atoms with Crippen molar-refractivity contribution in [3.8, 4) is 11.3 Å². The number of hydrogen-bond acceptors (Lipinski definition) is 8. The number of anilines is 3. The number of ether oxygens (including phenoxy) is 2. The van der Waals surface area contributed by atoms with Gasteiger partial charge in [-0.1, -0.05) is 6.07 Å². The first kappa shape index (κ1) is 21.5. The second-order valence-electron chi connectivity index (χ2n) is 8.57. The van der Waals surface area contributed by atoms with Gasteiger partial charge in [0.25, 0.3) is 5.91 Å². The number of rotatable bonds is 6. The van der Waals surface area contributed by atoms with E-state index in [2.05, 4.69) is 30.5 Å². The Hall–Kier alpha value is -4.02. The Morgan fingerprint density at radius 2 is 2.14 bits per heavy atom. The van der Waals surface area contributed by atoms with Crippen LogP contribution < -0.4 is 15.5 Å². The number of pyridine rings is 1. The van der Waals surface area contributed by atoms with E-state index in [0.29, 0.717) is 31.1 Å². The highest BCUT2D eigenvalue weighted by Gasteiger charge is 2.27. The minimum absolute atomic E-state index is 0.0512. The highest BCUT2D eigenvalue weighted by molar-refractivity contribution is 6.06. The fraction of sp³-hybridized carbons (Fsp3) is 0.280. The van der Waals surface area contributed by atoms with Gasteiger partial charge in [0.2, 0.25) is 0 Å². The standard InChI is InChI=1S/C25H25N7O3/c1-34-15-17-14-31(8-9-35-17)16-2-5-22(27-10-16)30-20-4-3-18(19-11-29-25(33)24(19)20)21-12-28-23-13-26-6-7-32(21)23/h2-7,10,12-13,17H,8-9,11,14-15H2,1H3,(H,27,30)(H,29,33)/t17-/m1/s1. The van der Waals surface area contributed by atoms with Crippen LogP contribution in [0, 0.1) is 0 Å². The number of aromatic nitrogens is 4. The number of fused-ring (bicyclic) bond motifs is 2. The molecule has 0 radical (unpaired) electrons. The molecule has 2 N–H and O–H groups in total. The van der Waals surface area contributed by atoms with Crippen molar-refractivity contribution < 1.29 is 14.3 Å². The van der Waals surface area contributed by atoms with Gasteiger partial charge in [-0.05, 0) is 23.8 Å². The summed E-state index contributed by atoms with van der Waals surface area (Å²) in [7, 11) is 1.68. The lowest BCUT2D eigenvalue weighted by Crippen LogP contribution is -2.44. The van der Waals surface area contributed by atoms with Crippen LogP contribution in [-0.4, -0.2) is 64.8 Å². The van der Waals surface area contributed by atoms with E-state index in [0.717, 1.165) is 46.9 Å². The number of amides is 1. The summed E-state index contributed by atoms with van der Waals surface area (Å²) >= 11 is 0. The van der Waals surface area contributed by atoms with Crippen molar-refractivity contribution in [1.82, 2.24) is 24.7 Å². The van der Waals surface area contributed by atoms with Crippen LogP contribution in [-0.2, 0) is 16.0 Å². The van der Waals surface area contributed by atoms with Crippen molar-refractivity contribution in [1.29, 1.82) is 0 Å². The monoisotopic (exact) mass is 471 g/mol. The molecule has 0 unspecified atom stereocenters. The van der Waals surface area contributed by atoms with Crippen molar-refractivity contribution in [3.63, 3.8) is 0 Å². The summed E-state index contributed by atoms with van der Waals surface area (Å²) < 4.78 is 12.9. The minimum atomic E-state index is -0.103. The largest absolute Gasteiger partial charge is 0.382 e. The molecule has 5 heterocycles. The zero-order valence-electron chi connectivity index (χ0n) is 19.3. The SMILES string of the molecule is COC[C@H]1CN(c2ccc(Nc3ccc(-c4cnc5cnccn45)c4c3C(=O)NC4)nc2)CCO1. The van der Waals surface area contributed by atoms with Crippen molar-refractivity contribution in [2.24, 2.45) is 0 Å². The number of imidazole rings is 1. The van der Waals surface area contributed by atoms with E-state index in [-0.39, 0.29) is 12.0 Å². The highest BCUT2D eigenvalue weighted by Crippen LogP contribution is 2.35. The van der Waals surface area contributed by atoms with Gasteiger partial charge in [0.1, 0.15) is 5.82 Å². The predicted octanol–water partition coefficient (Wildman–Crippen LogP) is 2.63. The summed E-state index contributed by atoms with van der Waals surface area (Å²) in [6.45, 7) is 3.26. The molecule has 10 nitrogen and oxygen atoms in total. The summed E-state index contributed by atoms with van der Waals surface area (Å²) in [5.74, 6) is 0.569. The third-order valence-electron chi connectivity index (χ3n) is 6.43. The molecule has 10 heteroatoms. The van der Waals surface area contributed by atoms with Gasteiger partial charge >= 0.3 is 0 Å². The number of carbonyl (C=O) groups excluding carboxylic acids is 1. The number of nitrogens with zero attached hydrogens (tertiary/aromatic N) is 5. The van der Waals surface area contributed by atoms with Crippen LogP contribution in [0.4, 0.5) is 17.2 Å². The number of nitrogens with one attached hydrogen (secondary N) is 2. The molecule has 1 aromatic carbocycles. The van der Waals surface area contributed by atoms with Gasteiger partial charge in [-0.2, -0.15) is 0 Å². The van der Waals surface area contributed by atoms with E-state index in [1.165, 1.54) is 0 Å². The molecule has 1 fully saturated rings. The smallest absolute Gasteiger partial charge is 0.254 e. The molecule has 1 atom stereocenters. The topological polar surface area (TPSA) is 106 Å². The second-order valence-corrected chi connectivity index (χ2v) is 8.57. The molecule has 1 saturated heterocycles. The van der Waals surface area contributed by atoms with Gasteiger partial charge in [-0.3, -0.25) is 14.2 Å². The van der Waals surface area contributed by atoms with E-state index >= 15 is 0 Å². The third-order valence-corrected chi connectivity index (χ3v) is 6.43. The Labute approximate surface area is 201 Å². The van der Waals surface area contributed by atoms with E-state index < -0.39 is 0 Å². The molecular formula is C25H25N7O3. The van der Waals surface area contributed by atoms with E-state index in [1.54, 1.807) is 19.5 Å².